The predicted octanol–water partition coefficient (Wildman–Crippen LogP) is 3.32. The number of nitrogens with one attached hydrogen (secondary N) is 1. The number of carbonyl (C=O) groups excluding carboxylic acids is 1. The molecule has 1 N–H and O–H groups in total. The minimum atomic E-state index is -0.126. The number of aryl methyl sites for hydroxylation is 2. The van der Waals surface area contributed by atoms with E-state index in [1.807, 2.05) is 67.5 Å². The lowest BCUT2D eigenvalue weighted by molar-refractivity contribution is 0.102. The number of carbonyl (C=O) groups is 1. The van der Waals surface area contributed by atoms with E-state index >= 15 is 0 Å². The second-order valence-electron chi connectivity index (χ2n) is 5.68. The van der Waals surface area contributed by atoms with Crippen LogP contribution in [0.5, 0.6) is 0 Å². The Morgan fingerprint density at radius 1 is 1.13 bits per heavy atom. The van der Waals surface area contributed by atoms with E-state index in [1.54, 1.807) is 6.20 Å². The summed E-state index contributed by atoms with van der Waals surface area (Å²) in [6, 6.07) is 11.7. The van der Waals surface area contributed by atoms with Crippen molar-refractivity contribution >= 4 is 33.5 Å². The van der Waals surface area contributed by atoms with Crippen molar-refractivity contribution in [2.75, 3.05) is 5.32 Å². The number of amides is 1. The van der Waals surface area contributed by atoms with Gasteiger partial charge in [-0.15, -0.1) is 0 Å². The lowest BCUT2D eigenvalue weighted by Gasteiger charge is -2.05. The Morgan fingerprint density at radius 2 is 2.00 bits per heavy atom. The molecule has 114 valence electrons. The van der Waals surface area contributed by atoms with Gasteiger partial charge in [0, 0.05) is 54.7 Å². The van der Waals surface area contributed by atoms with Crippen LogP contribution in [0.4, 0.5) is 5.69 Å². The second-order valence-corrected chi connectivity index (χ2v) is 5.68. The molecule has 4 rings (SSSR count). The summed E-state index contributed by atoms with van der Waals surface area (Å²) < 4.78 is 3.92. The molecule has 0 saturated heterocycles. The number of hydrogen-bond acceptors (Lipinski definition) is 2. The average Bonchev–Trinajstić information content (AvgIpc) is 3.09. The second kappa shape index (κ2) is 4.98. The fourth-order valence-electron chi connectivity index (χ4n) is 2.95. The third-order valence-electron chi connectivity index (χ3n) is 4.12. The number of anilines is 1. The van der Waals surface area contributed by atoms with Crippen LogP contribution in [0.1, 0.15) is 10.4 Å². The van der Waals surface area contributed by atoms with E-state index < -0.39 is 0 Å². The normalized spacial score (nSPS) is 11.2. The number of benzene rings is 1. The largest absolute Gasteiger partial charge is 0.351 e. The lowest BCUT2D eigenvalue weighted by atomic mass is 10.2. The molecule has 0 saturated carbocycles. The van der Waals surface area contributed by atoms with E-state index in [0.29, 0.717) is 5.56 Å². The highest BCUT2D eigenvalue weighted by Gasteiger charge is 2.14. The molecule has 0 atom stereocenters. The average molecular weight is 304 g/mol. The first-order valence-corrected chi connectivity index (χ1v) is 7.40. The molecule has 3 aromatic heterocycles. The Labute approximate surface area is 133 Å². The molecule has 0 aliphatic carbocycles. The van der Waals surface area contributed by atoms with Gasteiger partial charge in [0.25, 0.3) is 5.91 Å². The Kier molecular flexibility index (Phi) is 2.94. The van der Waals surface area contributed by atoms with Crippen molar-refractivity contribution in [2.45, 2.75) is 0 Å². The highest BCUT2D eigenvalue weighted by molar-refractivity contribution is 6.12. The molecular weight excluding hydrogens is 288 g/mol. The van der Waals surface area contributed by atoms with Crippen molar-refractivity contribution in [3.63, 3.8) is 0 Å². The zero-order valence-electron chi connectivity index (χ0n) is 12.9. The Morgan fingerprint density at radius 3 is 2.87 bits per heavy atom. The van der Waals surface area contributed by atoms with Crippen LogP contribution in [0.25, 0.3) is 21.9 Å². The summed E-state index contributed by atoms with van der Waals surface area (Å²) in [5.74, 6) is -0.126. The maximum absolute atomic E-state index is 12.6. The third-order valence-corrected chi connectivity index (χ3v) is 4.12. The number of aromatic nitrogens is 3. The van der Waals surface area contributed by atoms with Gasteiger partial charge in [-0.1, -0.05) is 0 Å². The lowest BCUT2D eigenvalue weighted by Crippen LogP contribution is -2.11. The van der Waals surface area contributed by atoms with Gasteiger partial charge in [-0.05, 0) is 36.4 Å². The summed E-state index contributed by atoms with van der Waals surface area (Å²) in [7, 11) is 3.89. The van der Waals surface area contributed by atoms with E-state index in [9.17, 15) is 4.79 Å². The molecular formula is C18H16N4O. The molecule has 0 radical (unpaired) electrons. The standard InChI is InChI=1S/C18H16N4O/c1-21-9-7-12-10-13(5-6-16(12)21)20-18(23)15-11-22(2)17-14(15)4-3-8-19-17/h3-11H,1-2H3,(H,20,23). The van der Waals surface area contributed by atoms with Gasteiger partial charge in [-0.25, -0.2) is 4.98 Å². The SMILES string of the molecule is Cn1ccc2cc(NC(=O)c3cn(C)c4ncccc34)ccc21. The fourth-order valence-corrected chi connectivity index (χ4v) is 2.95. The van der Waals surface area contributed by atoms with E-state index in [0.717, 1.165) is 27.6 Å². The number of nitrogens with zero attached hydrogens (tertiary/aromatic N) is 3. The van der Waals surface area contributed by atoms with Crippen molar-refractivity contribution in [2.24, 2.45) is 14.1 Å². The van der Waals surface area contributed by atoms with Gasteiger partial charge in [0.15, 0.2) is 0 Å². The van der Waals surface area contributed by atoms with Crippen LogP contribution in [-0.4, -0.2) is 20.0 Å². The van der Waals surface area contributed by atoms with Crippen LogP contribution in [0.3, 0.4) is 0 Å². The van der Waals surface area contributed by atoms with Crippen LogP contribution in [0.15, 0.2) is 55.0 Å². The molecule has 4 aromatic rings. The molecule has 0 unspecified atom stereocenters. The van der Waals surface area contributed by atoms with Gasteiger partial charge in [0.1, 0.15) is 5.65 Å². The molecule has 0 spiro atoms. The summed E-state index contributed by atoms with van der Waals surface area (Å²) in [5.41, 5.74) is 3.35. The number of rotatable bonds is 2. The maximum atomic E-state index is 12.6. The Hall–Kier alpha value is -3.08. The highest BCUT2D eigenvalue weighted by Crippen LogP contribution is 2.22. The van der Waals surface area contributed by atoms with Crippen LogP contribution in [-0.2, 0) is 14.1 Å². The molecule has 23 heavy (non-hydrogen) atoms. The molecule has 1 aromatic carbocycles. The van der Waals surface area contributed by atoms with Crippen molar-refractivity contribution in [3.8, 4) is 0 Å². The Bertz CT molecular complexity index is 1040. The molecule has 5 heteroatoms. The van der Waals surface area contributed by atoms with E-state index in [4.69, 9.17) is 0 Å². The number of pyridine rings is 1. The van der Waals surface area contributed by atoms with Gasteiger partial charge in [0.05, 0.1) is 5.56 Å². The van der Waals surface area contributed by atoms with Crippen LogP contribution < -0.4 is 5.32 Å². The Balaban J connectivity index is 1.70. The van der Waals surface area contributed by atoms with Gasteiger partial charge in [-0.2, -0.15) is 0 Å². The minimum Gasteiger partial charge on any atom is -0.351 e. The topological polar surface area (TPSA) is 51.9 Å². The first kappa shape index (κ1) is 13.6. The van der Waals surface area contributed by atoms with Crippen LogP contribution in [0, 0.1) is 0 Å². The molecule has 5 nitrogen and oxygen atoms in total. The number of hydrogen-bond donors (Lipinski definition) is 1. The predicted molar refractivity (Wildman–Crippen MR) is 91.6 cm³/mol. The quantitative estimate of drug-likeness (QED) is 0.617. The zero-order valence-corrected chi connectivity index (χ0v) is 12.9. The van der Waals surface area contributed by atoms with Crippen LogP contribution >= 0.6 is 0 Å². The van der Waals surface area contributed by atoms with Gasteiger partial charge in [0.2, 0.25) is 0 Å². The van der Waals surface area contributed by atoms with Crippen molar-refractivity contribution < 1.29 is 4.79 Å². The molecule has 0 aliphatic heterocycles. The van der Waals surface area contributed by atoms with Gasteiger partial charge < -0.3 is 14.5 Å². The monoisotopic (exact) mass is 304 g/mol. The van der Waals surface area contributed by atoms with Crippen molar-refractivity contribution in [1.29, 1.82) is 0 Å². The first-order valence-electron chi connectivity index (χ1n) is 7.40. The van der Waals surface area contributed by atoms with Crippen molar-refractivity contribution in [3.05, 3.63) is 60.6 Å². The molecule has 1 amide bonds. The zero-order chi connectivity index (χ0) is 16.0. The molecule has 3 heterocycles. The van der Waals surface area contributed by atoms with Crippen LogP contribution in [0.2, 0.25) is 0 Å². The van der Waals surface area contributed by atoms with E-state index in [1.165, 1.54) is 0 Å². The van der Waals surface area contributed by atoms with Gasteiger partial charge in [-0.3, -0.25) is 4.79 Å². The molecule has 0 bridgehead atoms. The molecule has 0 aliphatic rings. The third kappa shape index (κ3) is 2.17. The number of fused-ring (bicyclic) bond motifs is 2. The van der Waals surface area contributed by atoms with E-state index in [-0.39, 0.29) is 5.91 Å². The van der Waals surface area contributed by atoms with E-state index in [2.05, 4.69) is 14.9 Å². The first-order chi connectivity index (χ1) is 11.1. The summed E-state index contributed by atoms with van der Waals surface area (Å²) in [6.07, 6.45) is 5.55. The summed E-state index contributed by atoms with van der Waals surface area (Å²) >= 11 is 0. The smallest absolute Gasteiger partial charge is 0.257 e. The van der Waals surface area contributed by atoms with Crippen molar-refractivity contribution in [1.82, 2.24) is 14.1 Å². The summed E-state index contributed by atoms with van der Waals surface area (Å²) in [6.45, 7) is 0. The maximum Gasteiger partial charge on any atom is 0.257 e. The molecule has 0 fully saturated rings. The fraction of sp³-hybridized carbons (Fsp3) is 0.111. The van der Waals surface area contributed by atoms with Gasteiger partial charge >= 0.3 is 0 Å². The summed E-state index contributed by atoms with van der Waals surface area (Å²) in [4.78, 5) is 16.9. The minimum absolute atomic E-state index is 0.126. The summed E-state index contributed by atoms with van der Waals surface area (Å²) in [5, 5.41) is 4.93. The highest BCUT2D eigenvalue weighted by atomic mass is 16.1.